The highest BCUT2D eigenvalue weighted by Gasteiger charge is 2.26. The van der Waals surface area contributed by atoms with E-state index in [1.807, 2.05) is 43.3 Å². The molecule has 0 bridgehead atoms. The molecule has 3 aromatic carbocycles. The number of amides is 2. The van der Waals surface area contributed by atoms with E-state index in [9.17, 15) is 24.8 Å². The van der Waals surface area contributed by atoms with Gasteiger partial charge in [0.05, 0.1) is 24.2 Å². The maximum Gasteiger partial charge on any atom is 0.310 e. The van der Waals surface area contributed by atoms with Gasteiger partial charge in [0, 0.05) is 55.6 Å². The number of hydrogen-bond donors (Lipinski definition) is 4. The molecule has 4 N–H and O–H groups in total. The first kappa shape index (κ1) is 30.5. The van der Waals surface area contributed by atoms with Crippen LogP contribution >= 0.6 is 0 Å². The fourth-order valence-corrected chi connectivity index (χ4v) is 5.02. The van der Waals surface area contributed by atoms with Crippen molar-refractivity contribution in [1.29, 1.82) is 0 Å². The number of aliphatic hydroxyl groups excluding tert-OH is 1. The van der Waals surface area contributed by atoms with Crippen LogP contribution in [0.5, 0.6) is 5.75 Å². The third-order valence-electron chi connectivity index (χ3n) is 7.15. The quantitative estimate of drug-likeness (QED) is 0.168. The van der Waals surface area contributed by atoms with Crippen LogP contribution in [0.15, 0.2) is 66.7 Å². The summed E-state index contributed by atoms with van der Waals surface area (Å²) >= 11 is 0. The number of nitrogens with zero attached hydrogens (tertiary/aromatic N) is 2. The first-order valence-electron chi connectivity index (χ1n) is 14.0. The van der Waals surface area contributed by atoms with Gasteiger partial charge in [-0.05, 0) is 55.2 Å². The van der Waals surface area contributed by atoms with Crippen molar-refractivity contribution >= 4 is 28.9 Å². The summed E-state index contributed by atoms with van der Waals surface area (Å²) in [5.74, 6) is -0.171. The summed E-state index contributed by atoms with van der Waals surface area (Å²) in [6, 6.07) is 18.9. The van der Waals surface area contributed by atoms with E-state index in [-0.39, 0.29) is 29.8 Å². The Morgan fingerprint density at radius 1 is 1.12 bits per heavy atom. The van der Waals surface area contributed by atoms with Gasteiger partial charge in [-0.1, -0.05) is 36.4 Å². The number of nitro groups is 1. The number of methoxy groups -OCH3 is 1. The Morgan fingerprint density at radius 2 is 1.90 bits per heavy atom. The Bertz CT molecular complexity index is 1400. The molecule has 2 atom stereocenters. The zero-order valence-electron chi connectivity index (χ0n) is 23.8. The average Bonchev–Trinajstić information content (AvgIpc) is 3.42. The number of ether oxygens (including phenoxy) is 1. The predicted molar refractivity (Wildman–Crippen MR) is 161 cm³/mol. The number of hydrogen-bond acceptors (Lipinski definition) is 8. The molecule has 0 unspecified atom stereocenters. The summed E-state index contributed by atoms with van der Waals surface area (Å²) in [4.78, 5) is 38.4. The smallest absolute Gasteiger partial charge is 0.310 e. The van der Waals surface area contributed by atoms with Gasteiger partial charge in [0.15, 0.2) is 5.75 Å². The standard InChI is InChI=1S/C31H37N5O6/c1-3-33-24-16-23(17-25(18-24)35-13-7-10-30(35)38)31(39)34-26(14-21-8-5-4-6-9-21)28(37)20-32-19-22-11-12-27(36(40)41)29(15-22)42-2/h4-6,8-9,11-12,15-18,26,28,32-33,37H,3,7,10,13-14,19-20H2,1-2H3,(H,34,39)/t26-,28+/m0/s1. The van der Waals surface area contributed by atoms with E-state index in [1.165, 1.54) is 13.2 Å². The average molecular weight is 576 g/mol. The number of nitro benzene ring substituents is 1. The lowest BCUT2D eigenvalue weighted by atomic mass is 10.00. The van der Waals surface area contributed by atoms with Gasteiger partial charge in [-0.3, -0.25) is 19.7 Å². The zero-order chi connectivity index (χ0) is 30.1. The van der Waals surface area contributed by atoms with Crippen molar-refractivity contribution in [2.75, 3.05) is 37.0 Å². The van der Waals surface area contributed by atoms with Crippen molar-refractivity contribution in [3.8, 4) is 5.75 Å². The molecule has 1 aliphatic rings. The number of anilines is 2. The SMILES string of the molecule is CCNc1cc(C(=O)N[C@@H](Cc2ccccc2)[C@H](O)CNCc2ccc([N+](=O)[O-])c(OC)c2)cc(N2CCCC2=O)c1. The second kappa shape index (κ2) is 14.4. The molecule has 11 nitrogen and oxygen atoms in total. The van der Waals surface area contributed by atoms with Crippen molar-refractivity contribution in [1.82, 2.24) is 10.6 Å². The number of nitrogens with one attached hydrogen (secondary N) is 3. The summed E-state index contributed by atoms with van der Waals surface area (Å²) in [6.07, 6.45) is 0.700. The first-order chi connectivity index (χ1) is 20.3. The minimum atomic E-state index is -0.953. The van der Waals surface area contributed by atoms with E-state index >= 15 is 0 Å². The molecule has 1 saturated heterocycles. The molecule has 0 radical (unpaired) electrons. The van der Waals surface area contributed by atoms with Gasteiger partial charge in [0.25, 0.3) is 5.91 Å². The molecule has 1 aliphatic heterocycles. The van der Waals surface area contributed by atoms with Gasteiger partial charge < -0.3 is 30.7 Å². The van der Waals surface area contributed by atoms with Crippen LogP contribution in [0, 0.1) is 10.1 Å². The van der Waals surface area contributed by atoms with Crippen LogP contribution in [0.4, 0.5) is 17.1 Å². The Morgan fingerprint density at radius 3 is 2.57 bits per heavy atom. The van der Waals surface area contributed by atoms with Crippen molar-refractivity contribution in [3.05, 3.63) is 93.5 Å². The highest BCUT2D eigenvalue weighted by molar-refractivity contribution is 6.00. The molecule has 0 spiro atoms. The minimum absolute atomic E-state index is 0.0316. The third kappa shape index (κ3) is 7.83. The van der Waals surface area contributed by atoms with Crippen molar-refractivity contribution in [2.45, 2.75) is 44.9 Å². The van der Waals surface area contributed by atoms with Crippen molar-refractivity contribution in [3.63, 3.8) is 0 Å². The summed E-state index contributed by atoms with van der Waals surface area (Å²) in [5, 5.41) is 31.8. The van der Waals surface area contributed by atoms with E-state index in [0.717, 1.165) is 23.2 Å². The normalized spacial score (nSPS) is 14.4. The van der Waals surface area contributed by atoms with Crippen LogP contribution in [0.1, 0.15) is 41.3 Å². The second-order valence-corrected chi connectivity index (χ2v) is 10.2. The Balaban J connectivity index is 1.49. The lowest BCUT2D eigenvalue weighted by Gasteiger charge is -2.25. The van der Waals surface area contributed by atoms with E-state index in [0.29, 0.717) is 43.7 Å². The zero-order valence-corrected chi connectivity index (χ0v) is 23.8. The van der Waals surface area contributed by atoms with Gasteiger partial charge in [0.1, 0.15) is 0 Å². The fourth-order valence-electron chi connectivity index (χ4n) is 5.02. The Kier molecular flexibility index (Phi) is 10.5. The maximum atomic E-state index is 13.6. The summed E-state index contributed by atoms with van der Waals surface area (Å²) < 4.78 is 5.14. The summed E-state index contributed by atoms with van der Waals surface area (Å²) in [5.41, 5.74) is 3.37. The van der Waals surface area contributed by atoms with Gasteiger partial charge >= 0.3 is 5.69 Å². The molecular weight excluding hydrogens is 538 g/mol. The molecule has 42 heavy (non-hydrogen) atoms. The second-order valence-electron chi connectivity index (χ2n) is 10.2. The molecule has 1 fully saturated rings. The predicted octanol–water partition coefficient (Wildman–Crippen LogP) is 3.65. The van der Waals surface area contributed by atoms with Crippen LogP contribution in [0.2, 0.25) is 0 Å². The lowest BCUT2D eigenvalue weighted by Crippen LogP contribution is -2.48. The van der Waals surface area contributed by atoms with E-state index in [2.05, 4.69) is 16.0 Å². The first-order valence-corrected chi connectivity index (χ1v) is 14.0. The van der Waals surface area contributed by atoms with Gasteiger partial charge in [-0.25, -0.2) is 0 Å². The maximum absolute atomic E-state index is 13.6. The minimum Gasteiger partial charge on any atom is -0.490 e. The van der Waals surface area contributed by atoms with Crippen LogP contribution in [0.3, 0.4) is 0 Å². The molecule has 0 aromatic heterocycles. The molecule has 2 amide bonds. The topological polar surface area (TPSA) is 146 Å². The molecule has 0 aliphatic carbocycles. The third-order valence-corrected chi connectivity index (χ3v) is 7.15. The van der Waals surface area contributed by atoms with Crippen LogP contribution < -0.4 is 25.6 Å². The van der Waals surface area contributed by atoms with Gasteiger partial charge in [-0.2, -0.15) is 0 Å². The highest BCUT2D eigenvalue weighted by Crippen LogP contribution is 2.28. The van der Waals surface area contributed by atoms with Crippen molar-refractivity contribution in [2.24, 2.45) is 0 Å². The molecule has 11 heteroatoms. The summed E-state index contributed by atoms with van der Waals surface area (Å²) in [7, 11) is 1.38. The van der Waals surface area contributed by atoms with E-state index in [1.54, 1.807) is 29.2 Å². The van der Waals surface area contributed by atoms with Crippen LogP contribution in [-0.2, 0) is 17.8 Å². The van der Waals surface area contributed by atoms with Crippen LogP contribution in [-0.4, -0.2) is 60.7 Å². The lowest BCUT2D eigenvalue weighted by molar-refractivity contribution is -0.385. The largest absolute Gasteiger partial charge is 0.490 e. The fraction of sp³-hybridized carbons (Fsp3) is 0.355. The number of aliphatic hydroxyl groups is 1. The van der Waals surface area contributed by atoms with Crippen molar-refractivity contribution < 1.29 is 24.4 Å². The molecule has 1 heterocycles. The van der Waals surface area contributed by atoms with Crippen LogP contribution in [0.25, 0.3) is 0 Å². The molecular formula is C31H37N5O6. The number of benzene rings is 3. The number of rotatable bonds is 14. The Hall–Kier alpha value is -4.48. The summed E-state index contributed by atoms with van der Waals surface area (Å²) in [6.45, 7) is 3.70. The highest BCUT2D eigenvalue weighted by atomic mass is 16.6. The number of carbonyl (C=O) groups excluding carboxylic acids is 2. The Labute approximate surface area is 245 Å². The molecule has 0 saturated carbocycles. The van der Waals surface area contributed by atoms with Gasteiger partial charge in [0.2, 0.25) is 5.91 Å². The van der Waals surface area contributed by atoms with E-state index in [4.69, 9.17) is 4.74 Å². The molecule has 222 valence electrons. The monoisotopic (exact) mass is 575 g/mol. The molecule has 4 rings (SSSR count). The van der Waals surface area contributed by atoms with Gasteiger partial charge in [-0.15, -0.1) is 0 Å². The molecule has 3 aromatic rings. The van der Waals surface area contributed by atoms with E-state index < -0.39 is 17.1 Å². The number of carbonyl (C=O) groups is 2.